The third-order valence-electron chi connectivity index (χ3n) is 5.45. The molecule has 8 heteroatoms. The fourth-order valence-corrected chi connectivity index (χ4v) is 3.95. The van der Waals surface area contributed by atoms with Gasteiger partial charge in [0.05, 0.1) is 48.9 Å². The van der Waals surface area contributed by atoms with Gasteiger partial charge in [0.15, 0.2) is 0 Å². The molecule has 0 radical (unpaired) electrons. The van der Waals surface area contributed by atoms with E-state index in [-0.39, 0.29) is 5.91 Å². The number of methoxy groups -OCH3 is 1. The highest BCUT2D eigenvalue weighted by molar-refractivity contribution is 5.94. The Labute approximate surface area is 181 Å². The predicted molar refractivity (Wildman–Crippen MR) is 116 cm³/mol. The summed E-state index contributed by atoms with van der Waals surface area (Å²) in [6.07, 6.45) is 4.61. The summed E-state index contributed by atoms with van der Waals surface area (Å²) in [6.45, 7) is 5.02. The van der Waals surface area contributed by atoms with Gasteiger partial charge in [-0.2, -0.15) is 5.26 Å². The fraction of sp³-hybridized carbons (Fsp3) is 0.391. The van der Waals surface area contributed by atoms with Crippen molar-refractivity contribution in [3.05, 3.63) is 52.6 Å². The summed E-state index contributed by atoms with van der Waals surface area (Å²) in [5.74, 6) is 0.489. The Balaban J connectivity index is 1.60. The Kier molecular flexibility index (Phi) is 6.14. The molecule has 31 heavy (non-hydrogen) atoms. The van der Waals surface area contributed by atoms with Crippen LogP contribution >= 0.6 is 0 Å². The molecule has 0 unspecified atom stereocenters. The van der Waals surface area contributed by atoms with E-state index in [1.54, 1.807) is 24.3 Å². The van der Waals surface area contributed by atoms with E-state index < -0.39 is 0 Å². The number of amides is 1. The lowest BCUT2D eigenvalue weighted by atomic mass is 10.0. The van der Waals surface area contributed by atoms with Gasteiger partial charge in [-0.3, -0.25) is 14.8 Å². The zero-order chi connectivity index (χ0) is 21.8. The van der Waals surface area contributed by atoms with Gasteiger partial charge in [0, 0.05) is 55.6 Å². The highest BCUT2D eigenvalue weighted by Gasteiger charge is 2.23. The topological polar surface area (TPSA) is 100 Å². The molecule has 0 aromatic carbocycles. The molecule has 1 aliphatic carbocycles. The van der Waals surface area contributed by atoms with Gasteiger partial charge in [-0.15, -0.1) is 0 Å². The number of carbonyl (C=O) groups excluding carboxylic acids is 1. The number of carbonyl (C=O) groups is 1. The molecule has 1 aliphatic heterocycles. The minimum atomic E-state index is -0.0687. The van der Waals surface area contributed by atoms with Crippen LogP contribution in [0.3, 0.4) is 0 Å². The number of nitrogens with zero attached hydrogens (tertiary/aromatic N) is 4. The van der Waals surface area contributed by atoms with Crippen LogP contribution in [0.15, 0.2) is 24.4 Å². The first-order valence-electron chi connectivity index (χ1n) is 10.4. The van der Waals surface area contributed by atoms with Crippen LogP contribution in [0.5, 0.6) is 5.75 Å². The van der Waals surface area contributed by atoms with Crippen molar-refractivity contribution in [3.63, 3.8) is 0 Å². The third-order valence-corrected chi connectivity index (χ3v) is 5.45. The Hall–Kier alpha value is -3.44. The molecule has 0 saturated carbocycles. The lowest BCUT2D eigenvalue weighted by Gasteiger charge is -2.27. The van der Waals surface area contributed by atoms with E-state index in [9.17, 15) is 10.1 Å². The van der Waals surface area contributed by atoms with Crippen molar-refractivity contribution in [1.82, 2.24) is 14.9 Å². The van der Waals surface area contributed by atoms with Gasteiger partial charge in [0.2, 0.25) is 0 Å². The summed E-state index contributed by atoms with van der Waals surface area (Å²) in [5, 5.41) is 12.7. The highest BCUT2D eigenvalue weighted by atomic mass is 16.5. The van der Waals surface area contributed by atoms with Crippen LogP contribution in [0.4, 0.5) is 5.69 Å². The van der Waals surface area contributed by atoms with Crippen molar-refractivity contribution in [2.75, 3.05) is 45.3 Å². The van der Waals surface area contributed by atoms with Gasteiger partial charge in [0.25, 0.3) is 5.91 Å². The summed E-state index contributed by atoms with van der Waals surface area (Å²) in [5.41, 5.74) is 5.39. The number of anilines is 1. The van der Waals surface area contributed by atoms with E-state index in [0.717, 1.165) is 29.2 Å². The minimum Gasteiger partial charge on any atom is -0.495 e. The van der Waals surface area contributed by atoms with Gasteiger partial charge in [-0.05, 0) is 19.1 Å². The first kappa shape index (κ1) is 20.8. The van der Waals surface area contributed by atoms with Crippen molar-refractivity contribution < 1.29 is 14.3 Å². The van der Waals surface area contributed by atoms with E-state index in [2.05, 4.69) is 16.4 Å². The Morgan fingerprint density at radius 1 is 1.35 bits per heavy atom. The second kappa shape index (κ2) is 9.14. The van der Waals surface area contributed by atoms with Crippen molar-refractivity contribution in [3.8, 4) is 11.8 Å². The summed E-state index contributed by atoms with van der Waals surface area (Å²) in [4.78, 5) is 23.8. The normalized spacial score (nSPS) is 15.1. The largest absolute Gasteiger partial charge is 0.495 e. The summed E-state index contributed by atoms with van der Waals surface area (Å²) in [7, 11) is 1.58. The van der Waals surface area contributed by atoms with Gasteiger partial charge in [-0.1, -0.05) is 6.08 Å². The van der Waals surface area contributed by atoms with Gasteiger partial charge < -0.3 is 19.7 Å². The molecule has 0 spiro atoms. The highest BCUT2D eigenvalue weighted by Crippen LogP contribution is 2.34. The molecule has 1 N–H and O–H groups in total. The lowest BCUT2D eigenvalue weighted by Crippen LogP contribution is -2.40. The zero-order valence-electron chi connectivity index (χ0n) is 17.8. The summed E-state index contributed by atoms with van der Waals surface area (Å²) in [6, 6.07) is 5.96. The van der Waals surface area contributed by atoms with E-state index in [0.29, 0.717) is 61.7 Å². The molecule has 3 heterocycles. The number of hydrogen-bond donors (Lipinski definition) is 1. The molecule has 2 aliphatic rings. The Bertz CT molecular complexity index is 1070. The van der Waals surface area contributed by atoms with Crippen LogP contribution in [0.1, 0.15) is 39.9 Å². The van der Waals surface area contributed by atoms with Crippen LogP contribution < -0.4 is 10.1 Å². The SMILES string of the molecule is CCNc1cc(Cc2ncc(C(=O)N3CCOCC3)cc2OC)nc2c1C(C#N)=CC2. The van der Waals surface area contributed by atoms with Crippen LogP contribution in [-0.2, 0) is 17.6 Å². The number of nitriles is 1. The number of rotatable bonds is 6. The molecule has 0 bridgehead atoms. The summed E-state index contributed by atoms with van der Waals surface area (Å²) < 4.78 is 10.9. The minimum absolute atomic E-state index is 0.0687. The maximum Gasteiger partial charge on any atom is 0.255 e. The van der Waals surface area contributed by atoms with Crippen molar-refractivity contribution in [2.24, 2.45) is 0 Å². The fourth-order valence-electron chi connectivity index (χ4n) is 3.95. The average Bonchev–Trinajstić information content (AvgIpc) is 3.23. The molecule has 2 aromatic heterocycles. The quantitative estimate of drug-likeness (QED) is 0.767. The second-order valence-corrected chi connectivity index (χ2v) is 7.40. The number of fused-ring (bicyclic) bond motifs is 1. The maximum absolute atomic E-state index is 12.8. The monoisotopic (exact) mass is 419 g/mol. The van der Waals surface area contributed by atoms with Gasteiger partial charge in [0.1, 0.15) is 5.75 Å². The summed E-state index contributed by atoms with van der Waals surface area (Å²) >= 11 is 0. The molecule has 160 valence electrons. The number of ether oxygens (including phenoxy) is 2. The van der Waals surface area contributed by atoms with E-state index >= 15 is 0 Å². The van der Waals surface area contributed by atoms with Crippen LogP contribution in [0.2, 0.25) is 0 Å². The van der Waals surface area contributed by atoms with E-state index in [4.69, 9.17) is 14.5 Å². The number of aromatic nitrogens is 2. The molecule has 1 saturated heterocycles. The van der Waals surface area contributed by atoms with E-state index in [1.807, 2.05) is 19.1 Å². The van der Waals surface area contributed by atoms with Crippen LogP contribution in [0, 0.1) is 11.3 Å². The number of allylic oxidation sites excluding steroid dienone is 2. The van der Waals surface area contributed by atoms with Gasteiger partial charge in [-0.25, -0.2) is 0 Å². The van der Waals surface area contributed by atoms with Crippen molar-refractivity contribution in [1.29, 1.82) is 5.26 Å². The average molecular weight is 419 g/mol. The van der Waals surface area contributed by atoms with Crippen LogP contribution in [-0.4, -0.2) is 60.7 Å². The maximum atomic E-state index is 12.8. The number of pyridine rings is 2. The molecule has 0 atom stereocenters. The molecule has 4 rings (SSSR count). The smallest absolute Gasteiger partial charge is 0.255 e. The lowest BCUT2D eigenvalue weighted by molar-refractivity contribution is 0.0302. The molecule has 1 amide bonds. The van der Waals surface area contributed by atoms with Crippen LogP contribution in [0.25, 0.3) is 5.57 Å². The number of morpholine rings is 1. The molecule has 2 aromatic rings. The molecular formula is C23H25N5O3. The molecule has 1 fully saturated rings. The standard InChI is InChI=1S/C23H25N5O3/c1-3-25-20-12-17(27-18-5-4-15(13-24)22(18)20)11-19-21(30-2)10-16(14-26-19)23(29)28-6-8-31-9-7-28/h4,10,12,14H,3,5-9,11H2,1-2H3,(H,25,27). The first-order chi connectivity index (χ1) is 15.1. The second-order valence-electron chi connectivity index (χ2n) is 7.40. The zero-order valence-corrected chi connectivity index (χ0v) is 17.8. The Morgan fingerprint density at radius 2 is 2.16 bits per heavy atom. The molecule has 8 nitrogen and oxygen atoms in total. The predicted octanol–water partition coefficient (Wildman–Crippen LogP) is 2.44. The van der Waals surface area contributed by atoms with Gasteiger partial charge >= 0.3 is 0 Å². The first-order valence-corrected chi connectivity index (χ1v) is 10.4. The van der Waals surface area contributed by atoms with Crippen molar-refractivity contribution in [2.45, 2.75) is 19.8 Å². The van der Waals surface area contributed by atoms with E-state index in [1.165, 1.54) is 0 Å². The molecular weight excluding hydrogens is 394 g/mol. The Morgan fingerprint density at radius 3 is 2.87 bits per heavy atom. The van der Waals surface area contributed by atoms with Crippen molar-refractivity contribution >= 4 is 17.2 Å². The third kappa shape index (κ3) is 4.23. The number of hydrogen-bond acceptors (Lipinski definition) is 7. The number of nitrogens with one attached hydrogen (secondary N) is 1.